The molecule has 21 heavy (non-hydrogen) atoms. The second kappa shape index (κ2) is 7.55. The van der Waals surface area contributed by atoms with Gasteiger partial charge < -0.3 is 5.32 Å². The van der Waals surface area contributed by atoms with Crippen molar-refractivity contribution in [1.29, 1.82) is 0 Å². The molecule has 1 aliphatic heterocycles. The lowest BCUT2D eigenvalue weighted by atomic mass is 9.94. The second-order valence-corrected chi connectivity index (χ2v) is 9.88. The minimum absolute atomic E-state index is 0.423. The first-order valence-corrected chi connectivity index (χ1v) is 10.5. The summed E-state index contributed by atoms with van der Waals surface area (Å²) in [7, 11) is -1.50. The van der Waals surface area contributed by atoms with Crippen molar-refractivity contribution in [1.82, 2.24) is 9.62 Å². The maximum absolute atomic E-state index is 12.8. The molecule has 1 fully saturated rings. The molecule has 0 aliphatic carbocycles. The zero-order chi connectivity index (χ0) is 15.5. The SMILES string of the molecule is CCCC1CCN(S(=O)(=O)c2cc(CNC)sc2Br)CC1. The van der Waals surface area contributed by atoms with E-state index in [2.05, 4.69) is 28.2 Å². The van der Waals surface area contributed by atoms with Gasteiger partial charge in [-0.2, -0.15) is 4.31 Å². The van der Waals surface area contributed by atoms with Crippen molar-refractivity contribution in [2.45, 2.75) is 44.0 Å². The molecule has 2 heterocycles. The van der Waals surface area contributed by atoms with Crippen LogP contribution in [0, 0.1) is 5.92 Å². The Labute approximate surface area is 140 Å². The first-order chi connectivity index (χ1) is 9.98. The van der Waals surface area contributed by atoms with Gasteiger partial charge in [-0.25, -0.2) is 8.42 Å². The van der Waals surface area contributed by atoms with E-state index in [1.807, 2.05) is 7.05 Å². The summed E-state index contributed by atoms with van der Waals surface area (Å²) < 4.78 is 27.9. The first kappa shape index (κ1) is 17.4. The van der Waals surface area contributed by atoms with E-state index in [0.717, 1.165) is 17.7 Å². The maximum Gasteiger partial charge on any atom is 0.245 e. The highest BCUT2D eigenvalue weighted by Crippen LogP contribution is 2.35. The molecule has 0 amide bonds. The highest BCUT2D eigenvalue weighted by atomic mass is 79.9. The van der Waals surface area contributed by atoms with Crippen molar-refractivity contribution in [3.8, 4) is 0 Å². The summed E-state index contributed by atoms with van der Waals surface area (Å²) in [6, 6.07) is 1.79. The maximum atomic E-state index is 12.8. The number of sulfonamides is 1. The quantitative estimate of drug-likeness (QED) is 0.803. The van der Waals surface area contributed by atoms with E-state index in [4.69, 9.17) is 0 Å². The molecule has 120 valence electrons. The molecule has 1 aromatic rings. The molecule has 0 atom stereocenters. The van der Waals surface area contributed by atoms with Gasteiger partial charge in [0.25, 0.3) is 0 Å². The van der Waals surface area contributed by atoms with Gasteiger partial charge in [0.2, 0.25) is 10.0 Å². The molecular weight excluding hydrogens is 372 g/mol. The van der Waals surface area contributed by atoms with E-state index in [1.54, 1.807) is 10.4 Å². The van der Waals surface area contributed by atoms with Crippen LogP contribution < -0.4 is 5.32 Å². The molecule has 0 bridgehead atoms. The van der Waals surface area contributed by atoms with E-state index >= 15 is 0 Å². The Morgan fingerprint density at radius 3 is 2.67 bits per heavy atom. The topological polar surface area (TPSA) is 49.4 Å². The number of nitrogens with one attached hydrogen (secondary N) is 1. The average molecular weight is 395 g/mol. The Kier molecular flexibility index (Phi) is 6.25. The summed E-state index contributed by atoms with van der Waals surface area (Å²) in [5.74, 6) is 0.687. The van der Waals surface area contributed by atoms with Gasteiger partial charge >= 0.3 is 0 Å². The standard InChI is InChI=1S/C14H23BrN2O2S2/c1-3-4-11-5-7-17(8-6-11)21(18,19)13-9-12(10-16-2)20-14(13)15/h9,11,16H,3-8,10H2,1-2H3. The smallest absolute Gasteiger partial charge is 0.245 e. The van der Waals surface area contributed by atoms with Gasteiger partial charge in [-0.3, -0.25) is 0 Å². The number of nitrogens with zero attached hydrogens (tertiary/aromatic N) is 1. The lowest BCUT2D eigenvalue weighted by molar-refractivity contribution is 0.262. The van der Waals surface area contributed by atoms with Crippen molar-refractivity contribution in [3.63, 3.8) is 0 Å². The van der Waals surface area contributed by atoms with Crippen LogP contribution in [-0.4, -0.2) is 32.9 Å². The van der Waals surface area contributed by atoms with Crippen LogP contribution in [0.5, 0.6) is 0 Å². The van der Waals surface area contributed by atoms with Crippen LogP contribution in [0.1, 0.15) is 37.5 Å². The normalized spacial score (nSPS) is 18.2. The Balaban J connectivity index is 2.12. The number of rotatable bonds is 6. The summed E-state index contributed by atoms with van der Waals surface area (Å²) in [5.41, 5.74) is 0. The van der Waals surface area contributed by atoms with Gasteiger partial charge in [0.1, 0.15) is 4.90 Å². The van der Waals surface area contributed by atoms with E-state index in [0.29, 0.717) is 34.2 Å². The summed E-state index contributed by atoms with van der Waals surface area (Å²) in [6.45, 7) is 4.18. The van der Waals surface area contributed by atoms with E-state index in [1.165, 1.54) is 24.2 Å². The highest BCUT2D eigenvalue weighted by Gasteiger charge is 2.31. The molecule has 0 aromatic carbocycles. The van der Waals surface area contributed by atoms with Crippen LogP contribution in [0.2, 0.25) is 0 Å². The van der Waals surface area contributed by atoms with Crippen molar-refractivity contribution in [2.24, 2.45) is 5.92 Å². The number of hydrogen-bond acceptors (Lipinski definition) is 4. The monoisotopic (exact) mass is 394 g/mol. The fourth-order valence-electron chi connectivity index (χ4n) is 2.82. The summed E-state index contributed by atoms with van der Waals surface area (Å²) in [5, 5.41) is 3.06. The molecule has 4 nitrogen and oxygen atoms in total. The van der Waals surface area contributed by atoms with Crippen molar-refractivity contribution in [2.75, 3.05) is 20.1 Å². The van der Waals surface area contributed by atoms with Crippen molar-refractivity contribution >= 4 is 37.3 Å². The Morgan fingerprint density at radius 1 is 1.43 bits per heavy atom. The molecule has 1 N–H and O–H groups in total. The highest BCUT2D eigenvalue weighted by molar-refractivity contribution is 9.11. The predicted molar refractivity (Wildman–Crippen MR) is 91.2 cm³/mol. The Bertz CT molecular complexity index is 564. The first-order valence-electron chi connectivity index (χ1n) is 7.42. The van der Waals surface area contributed by atoms with Gasteiger partial charge in [-0.05, 0) is 47.8 Å². The molecule has 0 spiro atoms. The fraction of sp³-hybridized carbons (Fsp3) is 0.714. The molecule has 0 radical (unpaired) electrons. The minimum Gasteiger partial charge on any atom is -0.315 e. The van der Waals surface area contributed by atoms with Gasteiger partial charge in [0, 0.05) is 24.5 Å². The summed E-state index contributed by atoms with van der Waals surface area (Å²) in [6.07, 6.45) is 4.36. The summed E-state index contributed by atoms with van der Waals surface area (Å²) in [4.78, 5) is 1.45. The van der Waals surface area contributed by atoms with E-state index < -0.39 is 10.0 Å². The molecule has 1 saturated heterocycles. The molecule has 0 saturated carbocycles. The Morgan fingerprint density at radius 2 is 2.10 bits per heavy atom. The van der Waals surface area contributed by atoms with Gasteiger partial charge in [0.15, 0.2) is 0 Å². The largest absolute Gasteiger partial charge is 0.315 e. The van der Waals surface area contributed by atoms with Crippen molar-refractivity contribution < 1.29 is 8.42 Å². The van der Waals surface area contributed by atoms with E-state index in [-0.39, 0.29) is 0 Å². The van der Waals surface area contributed by atoms with E-state index in [9.17, 15) is 8.42 Å². The van der Waals surface area contributed by atoms with Crippen LogP contribution in [-0.2, 0) is 16.6 Å². The van der Waals surface area contributed by atoms with Crippen LogP contribution in [0.3, 0.4) is 0 Å². The predicted octanol–water partition coefficient (Wildman–Crippen LogP) is 3.43. The molecule has 1 aromatic heterocycles. The second-order valence-electron chi connectivity index (χ2n) is 5.52. The van der Waals surface area contributed by atoms with Crippen LogP contribution in [0.4, 0.5) is 0 Å². The van der Waals surface area contributed by atoms with Gasteiger partial charge in [-0.1, -0.05) is 19.8 Å². The molecular formula is C14H23BrN2O2S2. The summed E-state index contributed by atoms with van der Waals surface area (Å²) >= 11 is 4.90. The lowest BCUT2D eigenvalue weighted by Crippen LogP contribution is -2.38. The van der Waals surface area contributed by atoms with Crippen molar-refractivity contribution in [3.05, 3.63) is 14.7 Å². The zero-order valence-electron chi connectivity index (χ0n) is 12.6. The fourth-order valence-corrected chi connectivity index (χ4v) is 6.93. The van der Waals surface area contributed by atoms with Crippen LogP contribution in [0.25, 0.3) is 0 Å². The van der Waals surface area contributed by atoms with Gasteiger partial charge in [0.05, 0.1) is 3.79 Å². The third-order valence-electron chi connectivity index (χ3n) is 3.95. The van der Waals surface area contributed by atoms with Crippen LogP contribution in [0.15, 0.2) is 14.7 Å². The number of piperidine rings is 1. The Hall–Kier alpha value is 0.0500. The average Bonchev–Trinajstić information content (AvgIpc) is 2.82. The lowest BCUT2D eigenvalue weighted by Gasteiger charge is -2.30. The molecule has 2 rings (SSSR count). The third-order valence-corrected chi connectivity index (χ3v) is 8.10. The molecule has 0 unspecified atom stereocenters. The minimum atomic E-state index is -3.36. The molecule has 7 heteroatoms. The van der Waals surface area contributed by atoms with Crippen LogP contribution >= 0.6 is 27.3 Å². The molecule has 1 aliphatic rings. The number of halogens is 1. The zero-order valence-corrected chi connectivity index (χ0v) is 15.8. The third kappa shape index (κ3) is 4.07. The number of thiophene rings is 1. The number of hydrogen-bond donors (Lipinski definition) is 1. The van der Waals surface area contributed by atoms with Gasteiger partial charge in [-0.15, -0.1) is 11.3 Å².